The summed E-state index contributed by atoms with van der Waals surface area (Å²) in [7, 11) is 0. The Morgan fingerprint density at radius 1 is 1.00 bits per heavy atom. The Morgan fingerprint density at radius 3 is 2.60 bits per heavy atom. The quantitative estimate of drug-likeness (QED) is 0.810. The van der Waals surface area contributed by atoms with Crippen molar-refractivity contribution in [2.45, 2.75) is 24.1 Å². The molecule has 3 rings (SSSR count). The van der Waals surface area contributed by atoms with E-state index in [0.29, 0.717) is 6.42 Å². The number of alkyl halides is 1. The van der Waals surface area contributed by atoms with E-state index >= 15 is 0 Å². The van der Waals surface area contributed by atoms with Gasteiger partial charge in [-0.1, -0.05) is 58.4 Å². The molecule has 0 saturated carbocycles. The molecule has 0 aliphatic carbocycles. The maximum Gasteiger partial charge on any atom is 0.224 e. The third-order valence-electron chi connectivity index (χ3n) is 3.64. The molecule has 3 heteroatoms. The van der Waals surface area contributed by atoms with Crippen LogP contribution in [0.25, 0.3) is 0 Å². The number of benzene rings is 2. The number of aryl methyl sites for hydroxylation is 1. The highest BCUT2D eigenvalue weighted by atomic mass is 79.9. The van der Waals surface area contributed by atoms with Crippen molar-refractivity contribution in [3.8, 4) is 0 Å². The lowest BCUT2D eigenvalue weighted by molar-refractivity contribution is -0.116. The van der Waals surface area contributed by atoms with Gasteiger partial charge in [0.25, 0.3) is 0 Å². The van der Waals surface area contributed by atoms with Gasteiger partial charge in [-0.3, -0.25) is 4.79 Å². The van der Waals surface area contributed by atoms with Gasteiger partial charge in [0.05, 0.1) is 4.83 Å². The topological polar surface area (TPSA) is 29.1 Å². The predicted molar refractivity (Wildman–Crippen MR) is 85.2 cm³/mol. The molecule has 0 aromatic heterocycles. The molecule has 0 bridgehead atoms. The summed E-state index contributed by atoms with van der Waals surface area (Å²) in [5, 5.41) is 2.97. The Hall–Kier alpha value is -1.61. The summed E-state index contributed by atoms with van der Waals surface area (Å²) in [4.78, 5) is 11.8. The van der Waals surface area contributed by atoms with Crippen molar-refractivity contribution in [3.63, 3.8) is 0 Å². The SMILES string of the molecule is O=C1CCCc2cc(C(Br)c3ccccc3)ccc2N1. The molecule has 2 nitrogen and oxygen atoms in total. The van der Waals surface area contributed by atoms with Crippen LogP contribution < -0.4 is 5.32 Å². The molecule has 1 atom stereocenters. The molecule has 2 aromatic rings. The van der Waals surface area contributed by atoms with Crippen LogP contribution in [0.15, 0.2) is 48.5 Å². The first-order valence-electron chi connectivity index (χ1n) is 6.86. The fourth-order valence-electron chi connectivity index (χ4n) is 2.57. The van der Waals surface area contributed by atoms with Crippen LogP contribution in [-0.4, -0.2) is 5.91 Å². The number of hydrogen-bond acceptors (Lipinski definition) is 1. The first kappa shape index (κ1) is 13.4. The molecule has 2 aromatic carbocycles. The second-order valence-corrected chi connectivity index (χ2v) is 6.01. The molecular formula is C17H16BrNO. The second kappa shape index (κ2) is 5.80. The van der Waals surface area contributed by atoms with Gasteiger partial charge < -0.3 is 5.32 Å². The first-order valence-corrected chi connectivity index (χ1v) is 7.77. The van der Waals surface area contributed by atoms with Gasteiger partial charge in [-0.15, -0.1) is 0 Å². The Morgan fingerprint density at radius 2 is 1.80 bits per heavy atom. The third kappa shape index (κ3) is 2.78. The number of nitrogens with one attached hydrogen (secondary N) is 1. The summed E-state index contributed by atoms with van der Waals surface area (Å²) in [6.45, 7) is 0. The first-order chi connectivity index (χ1) is 9.74. The normalized spacial score (nSPS) is 15.9. The van der Waals surface area contributed by atoms with Gasteiger partial charge in [0.1, 0.15) is 0 Å². The van der Waals surface area contributed by atoms with Crippen LogP contribution in [0.4, 0.5) is 5.69 Å². The molecule has 0 fully saturated rings. The molecule has 0 radical (unpaired) electrons. The van der Waals surface area contributed by atoms with E-state index in [4.69, 9.17) is 0 Å². The zero-order chi connectivity index (χ0) is 13.9. The molecule has 0 saturated heterocycles. The highest BCUT2D eigenvalue weighted by Gasteiger charge is 2.16. The standard InChI is InChI=1S/C17H16BrNO/c18-17(12-5-2-1-3-6-12)14-9-10-15-13(11-14)7-4-8-16(20)19-15/h1-3,5-6,9-11,17H,4,7-8H2,(H,19,20). The highest BCUT2D eigenvalue weighted by Crippen LogP contribution is 2.33. The molecule has 1 amide bonds. The number of amides is 1. The summed E-state index contributed by atoms with van der Waals surface area (Å²) in [6, 6.07) is 16.7. The van der Waals surface area contributed by atoms with Crippen molar-refractivity contribution in [1.82, 2.24) is 0 Å². The minimum absolute atomic E-state index is 0.120. The van der Waals surface area contributed by atoms with Gasteiger partial charge in [-0.25, -0.2) is 0 Å². The lowest BCUT2D eigenvalue weighted by atomic mass is 9.99. The lowest BCUT2D eigenvalue weighted by Gasteiger charge is -2.14. The van der Waals surface area contributed by atoms with Crippen LogP contribution in [0.1, 0.15) is 34.4 Å². The third-order valence-corrected chi connectivity index (χ3v) is 4.70. The van der Waals surface area contributed by atoms with Gasteiger partial charge in [0.2, 0.25) is 5.91 Å². The molecule has 1 aliphatic heterocycles. The van der Waals surface area contributed by atoms with Gasteiger partial charge in [-0.2, -0.15) is 0 Å². The van der Waals surface area contributed by atoms with Crippen molar-refractivity contribution in [2.75, 3.05) is 5.32 Å². The van der Waals surface area contributed by atoms with E-state index in [1.807, 2.05) is 24.3 Å². The molecule has 1 heterocycles. The maximum absolute atomic E-state index is 11.6. The Kier molecular flexibility index (Phi) is 3.88. The number of fused-ring (bicyclic) bond motifs is 1. The van der Waals surface area contributed by atoms with E-state index in [9.17, 15) is 4.79 Å². The van der Waals surface area contributed by atoms with Crippen LogP contribution in [0, 0.1) is 0 Å². The summed E-state index contributed by atoms with van der Waals surface area (Å²) in [5.74, 6) is 0.120. The van der Waals surface area contributed by atoms with Crippen molar-refractivity contribution < 1.29 is 4.79 Å². The maximum atomic E-state index is 11.6. The fraction of sp³-hybridized carbons (Fsp3) is 0.235. The van der Waals surface area contributed by atoms with Crippen LogP contribution in [0.5, 0.6) is 0 Å². The van der Waals surface area contributed by atoms with Crippen LogP contribution in [-0.2, 0) is 11.2 Å². The van der Waals surface area contributed by atoms with Crippen molar-refractivity contribution in [1.29, 1.82) is 0 Å². The van der Waals surface area contributed by atoms with Gasteiger partial charge in [0.15, 0.2) is 0 Å². The average molecular weight is 330 g/mol. The van der Waals surface area contributed by atoms with E-state index in [2.05, 4.69) is 45.5 Å². The van der Waals surface area contributed by atoms with Gasteiger partial charge in [0, 0.05) is 12.1 Å². The molecule has 1 N–H and O–H groups in total. The van der Waals surface area contributed by atoms with Crippen molar-refractivity contribution >= 4 is 27.5 Å². The summed E-state index contributed by atoms with van der Waals surface area (Å²) < 4.78 is 0. The highest BCUT2D eigenvalue weighted by molar-refractivity contribution is 9.09. The van der Waals surface area contributed by atoms with Crippen LogP contribution >= 0.6 is 15.9 Å². The smallest absolute Gasteiger partial charge is 0.224 e. The number of anilines is 1. The molecule has 20 heavy (non-hydrogen) atoms. The minimum Gasteiger partial charge on any atom is -0.326 e. The van der Waals surface area contributed by atoms with E-state index in [1.54, 1.807) is 0 Å². The lowest BCUT2D eigenvalue weighted by Crippen LogP contribution is -2.09. The van der Waals surface area contributed by atoms with E-state index in [0.717, 1.165) is 18.5 Å². The Labute approximate surface area is 127 Å². The second-order valence-electron chi connectivity index (χ2n) is 5.09. The van der Waals surface area contributed by atoms with Crippen LogP contribution in [0.2, 0.25) is 0 Å². The van der Waals surface area contributed by atoms with E-state index in [1.165, 1.54) is 16.7 Å². The molecule has 0 spiro atoms. The molecular weight excluding hydrogens is 314 g/mol. The van der Waals surface area contributed by atoms with E-state index < -0.39 is 0 Å². The number of rotatable bonds is 2. The zero-order valence-electron chi connectivity index (χ0n) is 11.1. The van der Waals surface area contributed by atoms with Gasteiger partial charge in [-0.05, 0) is 35.6 Å². The van der Waals surface area contributed by atoms with Gasteiger partial charge >= 0.3 is 0 Å². The largest absolute Gasteiger partial charge is 0.326 e. The Bertz CT molecular complexity index is 624. The zero-order valence-corrected chi connectivity index (χ0v) is 12.7. The number of halogens is 1. The number of carbonyl (C=O) groups excluding carboxylic acids is 1. The Balaban J connectivity index is 1.92. The fourth-order valence-corrected chi connectivity index (χ4v) is 3.16. The summed E-state index contributed by atoms with van der Waals surface area (Å²) in [6.07, 6.45) is 2.48. The van der Waals surface area contributed by atoms with Crippen molar-refractivity contribution in [3.05, 3.63) is 65.2 Å². The minimum atomic E-state index is 0.120. The molecule has 1 aliphatic rings. The monoisotopic (exact) mass is 329 g/mol. The summed E-state index contributed by atoms with van der Waals surface area (Å²) >= 11 is 3.77. The summed E-state index contributed by atoms with van der Waals surface area (Å²) in [5.41, 5.74) is 4.66. The molecule has 102 valence electrons. The molecule has 1 unspecified atom stereocenters. The number of hydrogen-bond donors (Lipinski definition) is 1. The predicted octanol–water partition coefficient (Wildman–Crippen LogP) is 4.45. The van der Waals surface area contributed by atoms with Crippen molar-refractivity contribution in [2.24, 2.45) is 0 Å². The average Bonchev–Trinajstić information content (AvgIpc) is 2.67. The van der Waals surface area contributed by atoms with Crippen LogP contribution in [0.3, 0.4) is 0 Å². The number of carbonyl (C=O) groups is 1. The van der Waals surface area contributed by atoms with E-state index in [-0.39, 0.29) is 10.7 Å².